The van der Waals surface area contributed by atoms with Gasteiger partial charge in [-0.25, -0.2) is 0 Å². The van der Waals surface area contributed by atoms with E-state index in [0.29, 0.717) is 17.8 Å². The zero-order chi connectivity index (χ0) is 14.5. The fourth-order valence-corrected chi connectivity index (χ4v) is 1.96. The average molecular weight is 272 g/mol. The summed E-state index contributed by atoms with van der Waals surface area (Å²) < 4.78 is 5.27. The topological polar surface area (TPSA) is 64.4 Å². The van der Waals surface area contributed by atoms with E-state index in [0.717, 1.165) is 11.3 Å². The fourth-order valence-electron chi connectivity index (χ4n) is 1.96. The second-order valence-corrected chi connectivity index (χ2v) is 4.42. The summed E-state index contributed by atoms with van der Waals surface area (Å²) in [5.74, 6) is 0.793. The first-order valence-corrected chi connectivity index (χ1v) is 6.22. The Hall–Kier alpha value is -2.56. The maximum atomic E-state index is 10.9. The van der Waals surface area contributed by atoms with E-state index in [1.54, 1.807) is 26.2 Å². The van der Waals surface area contributed by atoms with Gasteiger partial charge in [-0.05, 0) is 19.1 Å². The lowest BCUT2D eigenvalue weighted by molar-refractivity contribution is -0.385. The van der Waals surface area contributed by atoms with Crippen molar-refractivity contribution in [2.24, 2.45) is 0 Å². The molecule has 0 atom stereocenters. The minimum absolute atomic E-state index is 0.120. The van der Waals surface area contributed by atoms with Crippen LogP contribution in [0.1, 0.15) is 11.1 Å². The highest BCUT2D eigenvalue weighted by atomic mass is 16.6. The smallest absolute Gasteiger partial charge is 0.274 e. The Kier molecular flexibility index (Phi) is 4.20. The van der Waals surface area contributed by atoms with Crippen LogP contribution in [-0.4, -0.2) is 12.0 Å². The minimum atomic E-state index is -0.371. The molecular formula is C15H16N2O3. The Labute approximate surface area is 117 Å². The van der Waals surface area contributed by atoms with Crippen LogP contribution in [0.4, 0.5) is 11.4 Å². The van der Waals surface area contributed by atoms with E-state index in [9.17, 15) is 10.1 Å². The lowest BCUT2D eigenvalue weighted by atomic mass is 10.1. The van der Waals surface area contributed by atoms with Gasteiger partial charge in [-0.1, -0.05) is 24.3 Å². The largest absolute Gasteiger partial charge is 0.496 e. The van der Waals surface area contributed by atoms with Gasteiger partial charge in [-0.15, -0.1) is 0 Å². The molecule has 0 unspecified atom stereocenters. The first kappa shape index (κ1) is 13.9. The zero-order valence-corrected chi connectivity index (χ0v) is 11.4. The quantitative estimate of drug-likeness (QED) is 0.668. The van der Waals surface area contributed by atoms with Gasteiger partial charge in [0.25, 0.3) is 5.69 Å². The van der Waals surface area contributed by atoms with Crippen LogP contribution >= 0.6 is 0 Å². The summed E-state index contributed by atoms with van der Waals surface area (Å²) in [6.45, 7) is 2.27. The maximum Gasteiger partial charge on any atom is 0.274 e. The monoisotopic (exact) mass is 272 g/mol. The number of aryl methyl sites for hydroxylation is 1. The maximum absolute atomic E-state index is 10.9. The number of methoxy groups -OCH3 is 1. The van der Waals surface area contributed by atoms with E-state index < -0.39 is 0 Å². The number of nitrogens with zero attached hydrogens (tertiary/aromatic N) is 1. The third-order valence-corrected chi connectivity index (χ3v) is 3.08. The predicted molar refractivity (Wildman–Crippen MR) is 78.2 cm³/mol. The highest BCUT2D eigenvalue weighted by Gasteiger charge is 2.11. The molecule has 1 N–H and O–H groups in total. The first-order chi connectivity index (χ1) is 9.61. The Bertz CT molecular complexity index is 626. The predicted octanol–water partition coefficient (Wildman–Crippen LogP) is 3.52. The lowest BCUT2D eigenvalue weighted by Crippen LogP contribution is -2.02. The molecule has 0 aliphatic carbocycles. The van der Waals surface area contributed by atoms with Crippen molar-refractivity contribution < 1.29 is 9.66 Å². The third kappa shape index (κ3) is 3.06. The molecule has 2 rings (SSSR count). The summed E-state index contributed by atoms with van der Waals surface area (Å²) in [5.41, 5.74) is 2.49. The van der Waals surface area contributed by atoms with Gasteiger partial charge < -0.3 is 10.1 Å². The molecule has 5 heteroatoms. The second kappa shape index (κ2) is 6.06. The van der Waals surface area contributed by atoms with Crippen LogP contribution in [0, 0.1) is 17.0 Å². The second-order valence-electron chi connectivity index (χ2n) is 4.42. The van der Waals surface area contributed by atoms with Crippen molar-refractivity contribution in [2.75, 3.05) is 12.4 Å². The van der Waals surface area contributed by atoms with E-state index in [-0.39, 0.29) is 10.6 Å². The molecule has 0 saturated carbocycles. The number of para-hydroxylation sites is 1. The number of ether oxygens (including phenoxy) is 1. The summed E-state index contributed by atoms with van der Waals surface area (Å²) >= 11 is 0. The summed E-state index contributed by atoms with van der Waals surface area (Å²) in [7, 11) is 1.62. The molecule has 2 aromatic carbocycles. The Morgan fingerprint density at radius 1 is 1.25 bits per heavy atom. The molecule has 0 heterocycles. The van der Waals surface area contributed by atoms with E-state index in [1.807, 2.05) is 30.3 Å². The normalized spacial score (nSPS) is 10.1. The van der Waals surface area contributed by atoms with Gasteiger partial charge in [-0.2, -0.15) is 0 Å². The molecule has 0 saturated heterocycles. The SMILES string of the molecule is COc1ccccc1CNc1ccc(C)c([N+](=O)[O-])c1. The van der Waals surface area contributed by atoms with E-state index >= 15 is 0 Å². The molecule has 20 heavy (non-hydrogen) atoms. The number of rotatable bonds is 5. The average Bonchev–Trinajstić information content (AvgIpc) is 2.46. The van der Waals surface area contributed by atoms with E-state index in [4.69, 9.17) is 4.74 Å². The van der Waals surface area contributed by atoms with Gasteiger partial charge in [0.15, 0.2) is 0 Å². The summed E-state index contributed by atoms with van der Waals surface area (Å²) in [6, 6.07) is 12.8. The minimum Gasteiger partial charge on any atom is -0.496 e. The third-order valence-electron chi connectivity index (χ3n) is 3.08. The first-order valence-electron chi connectivity index (χ1n) is 6.22. The Balaban J connectivity index is 2.15. The highest BCUT2D eigenvalue weighted by Crippen LogP contribution is 2.24. The van der Waals surface area contributed by atoms with Crippen LogP contribution < -0.4 is 10.1 Å². The highest BCUT2D eigenvalue weighted by molar-refractivity contribution is 5.55. The standard InChI is InChI=1S/C15H16N2O3/c1-11-7-8-13(9-14(11)17(18)19)16-10-12-5-3-4-6-15(12)20-2/h3-9,16H,10H2,1-2H3. The molecule has 0 aliphatic heterocycles. The fraction of sp³-hybridized carbons (Fsp3) is 0.200. The number of anilines is 1. The molecule has 0 aromatic heterocycles. The number of nitro groups is 1. The molecule has 2 aromatic rings. The number of hydrogen-bond acceptors (Lipinski definition) is 4. The number of hydrogen-bond donors (Lipinski definition) is 1. The molecule has 0 bridgehead atoms. The summed E-state index contributed by atoms with van der Waals surface area (Å²) in [5, 5.41) is 14.1. The molecule has 0 radical (unpaired) electrons. The van der Waals surface area contributed by atoms with Gasteiger partial charge in [-0.3, -0.25) is 10.1 Å². The van der Waals surface area contributed by atoms with Gasteiger partial charge >= 0.3 is 0 Å². The number of benzene rings is 2. The van der Waals surface area contributed by atoms with E-state index in [1.165, 1.54) is 0 Å². The summed E-state index contributed by atoms with van der Waals surface area (Å²) in [4.78, 5) is 10.5. The van der Waals surface area contributed by atoms with Gasteiger partial charge in [0.2, 0.25) is 0 Å². The van der Waals surface area contributed by atoms with Crippen molar-refractivity contribution in [3.8, 4) is 5.75 Å². The molecule has 104 valence electrons. The lowest BCUT2D eigenvalue weighted by Gasteiger charge is -2.10. The van der Waals surface area contributed by atoms with E-state index in [2.05, 4.69) is 5.32 Å². The Morgan fingerprint density at radius 3 is 2.70 bits per heavy atom. The van der Waals surface area contributed by atoms with Crippen molar-refractivity contribution in [2.45, 2.75) is 13.5 Å². The zero-order valence-electron chi connectivity index (χ0n) is 11.4. The molecule has 0 fully saturated rings. The number of nitro benzene ring substituents is 1. The van der Waals surface area contributed by atoms with Gasteiger partial charge in [0.05, 0.1) is 12.0 Å². The molecule has 5 nitrogen and oxygen atoms in total. The van der Waals surface area contributed by atoms with Crippen molar-refractivity contribution >= 4 is 11.4 Å². The van der Waals surface area contributed by atoms with Crippen LogP contribution in [0.2, 0.25) is 0 Å². The molecule has 0 amide bonds. The van der Waals surface area contributed by atoms with Crippen LogP contribution in [0.5, 0.6) is 5.75 Å². The molecule has 0 aliphatic rings. The van der Waals surface area contributed by atoms with Gasteiger partial charge in [0, 0.05) is 29.4 Å². The number of nitrogens with one attached hydrogen (secondary N) is 1. The summed E-state index contributed by atoms with van der Waals surface area (Å²) in [6.07, 6.45) is 0. The molecular weight excluding hydrogens is 256 g/mol. The Morgan fingerprint density at radius 2 is 2.00 bits per heavy atom. The van der Waals surface area contributed by atoms with Crippen molar-refractivity contribution in [3.05, 3.63) is 63.7 Å². The van der Waals surface area contributed by atoms with Crippen molar-refractivity contribution in [1.82, 2.24) is 0 Å². The van der Waals surface area contributed by atoms with Crippen LogP contribution in [-0.2, 0) is 6.54 Å². The molecule has 0 spiro atoms. The van der Waals surface area contributed by atoms with Crippen LogP contribution in [0.25, 0.3) is 0 Å². The van der Waals surface area contributed by atoms with Crippen LogP contribution in [0.15, 0.2) is 42.5 Å². The van der Waals surface area contributed by atoms with Crippen LogP contribution in [0.3, 0.4) is 0 Å². The van der Waals surface area contributed by atoms with Crippen molar-refractivity contribution in [1.29, 1.82) is 0 Å². The van der Waals surface area contributed by atoms with Crippen molar-refractivity contribution in [3.63, 3.8) is 0 Å². The van der Waals surface area contributed by atoms with Gasteiger partial charge in [0.1, 0.15) is 5.75 Å².